The molecule has 0 saturated heterocycles. The summed E-state index contributed by atoms with van der Waals surface area (Å²) in [4.78, 5) is 50.3. The van der Waals surface area contributed by atoms with Gasteiger partial charge < -0.3 is 14.2 Å². The standard InChI is InChI=1S/C22H27N3O6/c1-6-11-23(21(27)16-9-8-10-17(12-16)25(29)30)13-18(26)19-14(3)20(22(28)31-5)24(7-2)15(19)4/h8-10,12H,6-7,11,13H2,1-5H3. The SMILES string of the molecule is CCCN(CC(=O)c1c(C)c(C(=O)OC)n(CC)c1C)C(=O)c1cccc([N+](=O)[O-])c1. The molecule has 0 spiro atoms. The molecule has 1 heterocycles. The number of benzene rings is 1. The number of non-ortho nitro benzene ring substituents is 1. The molecular weight excluding hydrogens is 402 g/mol. The Bertz CT molecular complexity index is 1020. The van der Waals surface area contributed by atoms with Crippen LogP contribution in [-0.2, 0) is 11.3 Å². The molecule has 9 heteroatoms. The van der Waals surface area contributed by atoms with Crippen LogP contribution in [-0.4, -0.2) is 52.2 Å². The number of nitro benzene ring substituents is 1. The molecule has 166 valence electrons. The van der Waals surface area contributed by atoms with Crippen LogP contribution in [0.25, 0.3) is 0 Å². The van der Waals surface area contributed by atoms with Crippen LogP contribution in [0.1, 0.15) is 62.7 Å². The van der Waals surface area contributed by atoms with Crippen molar-refractivity contribution < 1.29 is 24.0 Å². The number of methoxy groups -OCH3 is 1. The van der Waals surface area contributed by atoms with Crippen LogP contribution in [0.15, 0.2) is 24.3 Å². The van der Waals surface area contributed by atoms with Crippen molar-refractivity contribution in [1.29, 1.82) is 0 Å². The monoisotopic (exact) mass is 429 g/mol. The lowest BCUT2D eigenvalue weighted by molar-refractivity contribution is -0.384. The highest BCUT2D eigenvalue weighted by Gasteiger charge is 2.28. The number of esters is 1. The lowest BCUT2D eigenvalue weighted by atomic mass is 10.0. The number of nitrogens with zero attached hydrogens (tertiary/aromatic N) is 3. The smallest absolute Gasteiger partial charge is 0.354 e. The third-order valence-corrected chi connectivity index (χ3v) is 5.16. The Labute approximate surface area is 180 Å². The number of hydrogen-bond donors (Lipinski definition) is 0. The predicted octanol–water partition coefficient (Wildman–Crippen LogP) is 3.55. The number of nitro groups is 1. The van der Waals surface area contributed by atoms with Crippen LogP contribution in [0.5, 0.6) is 0 Å². The maximum atomic E-state index is 13.2. The molecule has 0 saturated carbocycles. The maximum Gasteiger partial charge on any atom is 0.354 e. The third-order valence-electron chi connectivity index (χ3n) is 5.16. The average molecular weight is 429 g/mol. The third kappa shape index (κ3) is 4.82. The van der Waals surface area contributed by atoms with E-state index in [0.717, 1.165) is 0 Å². The zero-order chi connectivity index (χ0) is 23.3. The molecule has 0 atom stereocenters. The van der Waals surface area contributed by atoms with Crippen LogP contribution >= 0.6 is 0 Å². The van der Waals surface area contributed by atoms with Crippen molar-refractivity contribution in [3.05, 3.63) is 62.5 Å². The van der Waals surface area contributed by atoms with E-state index in [-0.39, 0.29) is 23.6 Å². The number of ketones is 1. The van der Waals surface area contributed by atoms with Gasteiger partial charge in [-0.3, -0.25) is 19.7 Å². The summed E-state index contributed by atoms with van der Waals surface area (Å²) >= 11 is 0. The van der Waals surface area contributed by atoms with Crippen molar-refractivity contribution in [2.75, 3.05) is 20.2 Å². The molecule has 31 heavy (non-hydrogen) atoms. The lowest BCUT2D eigenvalue weighted by Gasteiger charge is -2.21. The molecule has 0 bridgehead atoms. The molecule has 9 nitrogen and oxygen atoms in total. The normalized spacial score (nSPS) is 10.6. The number of amides is 1. The minimum atomic E-state index is -0.569. The molecule has 0 aliphatic carbocycles. The second-order valence-corrected chi connectivity index (χ2v) is 7.13. The highest BCUT2D eigenvalue weighted by Crippen LogP contribution is 2.24. The number of carbonyl (C=O) groups is 3. The van der Waals surface area contributed by atoms with Gasteiger partial charge in [-0.25, -0.2) is 4.79 Å². The molecule has 1 amide bonds. The van der Waals surface area contributed by atoms with Gasteiger partial charge >= 0.3 is 5.97 Å². The van der Waals surface area contributed by atoms with E-state index in [1.54, 1.807) is 18.4 Å². The van der Waals surface area contributed by atoms with Gasteiger partial charge in [-0.15, -0.1) is 0 Å². The van der Waals surface area contributed by atoms with Gasteiger partial charge in [-0.1, -0.05) is 13.0 Å². The Morgan fingerprint density at radius 3 is 2.42 bits per heavy atom. The summed E-state index contributed by atoms with van der Waals surface area (Å²) in [6.45, 7) is 7.76. The number of ether oxygens (including phenoxy) is 1. The molecule has 0 fully saturated rings. The van der Waals surface area contributed by atoms with Crippen LogP contribution < -0.4 is 0 Å². The Morgan fingerprint density at radius 1 is 1.19 bits per heavy atom. The number of aromatic nitrogens is 1. The Morgan fingerprint density at radius 2 is 1.87 bits per heavy atom. The van der Waals surface area contributed by atoms with E-state index in [1.807, 2.05) is 13.8 Å². The number of rotatable bonds is 9. The Kier molecular flexibility index (Phi) is 7.68. The highest BCUT2D eigenvalue weighted by atomic mass is 16.6. The van der Waals surface area contributed by atoms with Gasteiger partial charge in [-0.05, 0) is 38.8 Å². The number of Topliss-reactive ketones (excluding diaryl/α,β-unsaturated/α-hetero) is 1. The number of carbonyl (C=O) groups excluding carboxylic acids is 3. The first-order valence-electron chi connectivity index (χ1n) is 10.0. The quantitative estimate of drug-likeness (QED) is 0.261. The van der Waals surface area contributed by atoms with Gasteiger partial charge in [0.2, 0.25) is 0 Å². The van der Waals surface area contributed by atoms with E-state index in [1.165, 1.54) is 36.3 Å². The van der Waals surface area contributed by atoms with Gasteiger partial charge in [0.1, 0.15) is 5.69 Å². The van der Waals surface area contributed by atoms with E-state index < -0.39 is 16.8 Å². The largest absolute Gasteiger partial charge is 0.464 e. The molecule has 1 aromatic carbocycles. The predicted molar refractivity (Wildman–Crippen MR) is 115 cm³/mol. The van der Waals surface area contributed by atoms with E-state index >= 15 is 0 Å². The molecule has 0 unspecified atom stereocenters. The fraction of sp³-hybridized carbons (Fsp3) is 0.409. The summed E-state index contributed by atoms with van der Waals surface area (Å²) < 4.78 is 6.59. The Hall–Kier alpha value is -3.49. The molecule has 0 aliphatic rings. The topological polar surface area (TPSA) is 112 Å². The molecule has 0 N–H and O–H groups in total. The van der Waals surface area contributed by atoms with Gasteiger partial charge in [0, 0.05) is 42.0 Å². The van der Waals surface area contributed by atoms with Crippen molar-refractivity contribution >= 4 is 23.3 Å². The minimum Gasteiger partial charge on any atom is -0.464 e. The van der Waals surface area contributed by atoms with Gasteiger partial charge in [0.15, 0.2) is 5.78 Å². The summed E-state index contributed by atoms with van der Waals surface area (Å²) in [6, 6.07) is 5.44. The summed E-state index contributed by atoms with van der Waals surface area (Å²) in [5.41, 5.74) is 1.79. The van der Waals surface area contributed by atoms with Crippen LogP contribution in [0, 0.1) is 24.0 Å². The van der Waals surface area contributed by atoms with Crippen molar-refractivity contribution in [2.45, 2.75) is 40.7 Å². The maximum absolute atomic E-state index is 13.2. The molecular formula is C22H27N3O6. The summed E-state index contributed by atoms with van der Waals surface area (Å²) in [7, 11) is 1.28. The summed E-state index contributed by atoms with van der Waals surface area (Å²) in [5.74, 6) is -1.29. The van der Waals surface area contributed by atoms with Gasteiger partial charge in [0.25, 0.3) is 11.6 Å². The van der Waals surface area contributed by atoms with Crippen LogP contribution in [0.4, 0.5) is 5.69 Å². The summed E-state index contributed by atoms with van der Waals surface area (Å²) in [5, 5.41) is 11.0. The first-order valence-corrected chi connectivity index (χ1v) is 10.0. The first kappa shape index (κ1) is 23.8. The van der Waals surface area contributed by atoms with Gasteiger partial charge in [-0.2, -0.15) is 0 Å². The summed E-state index contributed by atoms with van der Waals surface area (Å²) in [6.07, 6.45) is 0.606. The second kappa shape index (κ2) is 10.0. The van der Waals surface area contributed by atoms with Crippen molar-refractivity contribution in [1.82, 2.24) is 9.47 Å². The molecule has 2 rings (SSSR count). The van der Waals surface area contributed by atoms with Crippen molar-refractivity contribution in [2.24, 2.45) is 0 Å². The fourth-order valence-electron chi connectivity index (χ4n) is 3.77. The second-order valence-electron chi connectivity index (χ2n) is 7.13. The van der Waals surface area contributed by atoms with E-state index in [4.69, 9.17) is 4.74 Å². The zero-order valence-corrected chi connectivity index (χ0v) is 18.4. The van der Waals surface area contributed by atoms with E-state index in [9.17, 15) is 24.5 Å². The van der Waals surface area contributed by atoms with Crippen LogP contribution in [0.3, 0.4) is 0 Å². The minimum absolute atomic E-state index is 0.144. The van der Waals surface area contributed by atoms with E-state index in [0.29, 0.717) is 42.0 Å². The zero-order valence-electron chi connectivity index (χ0n) is 18.4. The molecule has 1 aromatic heterocycles. The molecule has 0 aliphatic heterocycles. The van der Waals surface area contributed by atoms with E-state index in [2.05, 4.69) is 0 Å². The lowest BCUT2D eigenvalue weighted by Crippen LogP contribution is -2.36. The molecule has 2 aromatic rings. The number of hydrogen-bond acceptors (Lipinski definition) is 6. The first-order chi connectivity index (χ1) is 14.7. The average Bonchev–Trinajstić information content (AvgIpc) is 3.01. The van der Waals surface area contributed by atoms with Gasteiger partial charge in [0.05, 0.1) is 18.6 Å². The molecule has 0 radical (unpaired) electrons. The van der Waals surface area contributed by atoms with Crippen molar-refractivity contribution in [3.63, 3.8) is 0 Å². The van der Waals surface area contributed by atoms with Crippen LogP contribution in [0.2, 0.25) is 0 Å². The highest BCUT2D eigenvalue weighted by molar-refractivity contribution is 6.06. The van der Waals surface area contributed by atoms with Crippen molar-refractivity contribution in [3.8, 4) is 0 Å². The Balaban J connectivity index is 2.40. The fourth-order valence-corrected chi connectivity index (χ4v) is 3.77.